The smallest absolute Gasteiger partial charge is 0.144 e. The average Bonchev–Trinajstić information content (AvgIpc) is 3.64. The van der Waals surface area contributed by atoms with Crippen molar-refractivity contribution in [2.24, 2.45) is 0 Å². The molecule has 0 amide bonds. The number of imidazole rings is 1. The first kappa shape index (κ1) is 26.0. The molecule has 7 aromatic rings. The van der Waals surface area contributed by atoms with Crippen LogP contribution in [0.5, 0.6) is 0 Å². The van der Waals surface area contributed by atoms with Crippen LogP contribution in [0.1, 0.15) is 50.7 Å². The van der Waals surface area contributed by atoms with Gasteiger partial charge in [0.25, 0.3) is 0 Å². The monoisotopic (exact) mass is 545 g/mol. The molecule has 0 atom stereocenters. The molecule has 206 valence electrons. The summed E-state index contributed by atoms with van der Waals surface area (Å²) >= 11 is 0. The van der Waals surface area contributed by atoms with Gasteiger partial charge in [-0.3, -0.25) is 4.57 Å². The van der Waals surface area contributed by atoms with Crippen LogP contribution in [0.15, 0.2) is 128 Å². The summed E-state index contributed by atoms with van der Waals surface area (Å²) in [6.45, 7) is 9.16. The molecule has 0 saturated heterocycles. The molecule has 7 rings (SSSR count). The molecule has 3 heteroatoms. The molecular weight excluding hydrogens is 510 g/mol. The van der Waals surface area contributed by atoms with Gasteiger partial charge in [-0.15, -0.1) is 0 Å². The number of para-hydroxylation sites is 2. The SMILES string of the molecule is CC(C)c1cc(-c2ccccc2)cc(C(C)C)c1-n1ccnc1-c1ccc2c(c1)c1ccccc1n2-c1ccccc1. The molecule has 0 unspecified atom stereocenters. The van der Waals surface area contributed by atoms with Crippen molar-refractivity contribution < 1.29 is 0 Å². The minimum Gasteiger partial charge on any atom is -0.309 e. The zero-order valence-electron chi connectivity index (χ0n) is 24.6. The third kappa shape index (κ3) is 4.33. The summed E-state index contributed by atoms with van der Waals surface area (Å²) in [4.78, 5) is 4.95. The summed E-state index contributed by atoms with van der Waals surface area (Å²) in [7, 11) is 0. The van der Waals surface area contributed by atoms with Crippen molar-refractivity contribution in [2.75, 3.05) is 0 Å². The molecule has 0 aliphatic rings. The predicted octanol–water partition coefficient (Wildman–Crippen LogP) is 10.6. The van der Waals surface area contributed by atoms with Gasteiger partial charge in [-0.25, -0.2) is 4.98 Å². The number of benzene rings is 5. The summed E-state index contributed by atoms with van der Waals surface area (Å²) < 4.78 is 4.67. The Morgan fingerprint density at radius 2 is 1.17 bits per heavy atom. The first-order chi connectivity index (χ1) is 20.5. The summed E-state index contributed by atoms with van der Waals surface area (Å²) in [6, 6.07) is 41.6. The molecule has 0 spiro atoms. The zero-order valence-corrected chi connectivity index (χ0v) is 24.6. The minimum absolute atomic E-state index is 0.350. The Bertz CT molecular complexity index is 2000. The van der Waals surface area contributed by atoms with E-state index in [0.29, 0.717) is 11.8 Å². The lowest BCUT2D eigenvalue weighted by Crippen LogP contribution is -2.08. The van der Waals surface area contributed by atoms with Gasteiger partial charge in [0, 0.05) is 34.4 Å². The molecule has 0 aliphatic carbocycles. The maximum absolute atomic E-state index is 4.95. The van der Waals surface area contributed by atoms with Gasteiger partial charge in [0.1, 0.15) is 5.82 Å². The van der Waals surface area contributed by atoms with E-state index in [-0.39, 0.29) is 0 Å². The van der Waals surface area contributed by atoms with Crippen LogP contribution in [0.25, 0.3) is 55.7 Å². The van der Waals surface area contributed by atoms with Crippen LogP contribution in [0.4, 0.5) is 0 Å². The quantitative estimate of drug-likeness (QED) is 0.204. The van der Waals surface area contributed by atoms with Crippen molar-refractivity contribution in [3.8, 4) is 33.9 Å². The molecule has 0 bridgehead atoms. The first-order valence-electron chi connectivity index (χ1n) is 14.9. The van der Waals surface area contributed by atoms with Gasteiger partial charge in [0.15, 0.2) is 0 Å². The molecule has 5 aromatic carbocycles. The number of hydrogen-bond acceptors (Lipinski definition) is 1. The van der Waals surface area contributed by atoms with Crippen molar-refractivity contribution in [3.05, 3.63) is 139 Å². The third-order valence-corrected chi connectivity index (χ3v) is 8.35. The van der Waals surface area contributed by atoms with Gasteiger partial charge in [-0.1, -0.05) is 94.4 Å². The lowest BCUT2D eigenvalue weighted by Gasteiger charge is -2.23. The Kier molecular flexibility index (Phi) is 6.51. The van der Waals surface area contributed by atoms with Crippen molar-refractivity contribution >= 4 is 21.8 Å². The van der Waals surface area contributed by atoms with Crippen molar-refractivity contribution in [1.82, 2.24) is 14.1 Å². The largest absolute Gasteiger partial charge is 0.309 e. The highest BCUT2D eigenvalue weighted by Crippen LogP contribution is 2.39. The molecule has 3 nitrogen and oxygen atoms in total. The number of rotatable bonds is 6. The van der Waals surface area contributed by atoms with E-state index in [2.05, 4.69) is 158 Å². The van der Waals surface area contributed by atoms with E-state index in [1.165, 1.54) is 55.4 Å². The topological polar surface area (TPSA) is 22.8 Å². The number of aromatic nitrogens is 3. The van der Waals surface area contributed by atoms with E-state index in [0.717, 1.165) is 11.4 Å². The number of hydrogen-bond donors (Lipinski definition) is 0. The normalized spacial score (nSPS) is 11.8. The van der Waals surface area contributed by atoms with E-state index >= 15 is 0 Å². The highest BCUT2D eigenvalue weighted by Gasteiger charge is 2.21. The lowest BCUT2D eigenvalue weighted by atomic mass is 9.88. The van der Waals surface area contributed by atoms with Crippen LogP contribution in [-0.4, -0.2) is 14.1 Å². The van der Waals surface area contributed by atoms with Crippen LogP contribution in [0, 0.1) is 0 Å². The summed E-state index contributed by atoms with van der Waals surface area (Å²) in [5.41, 5.74) is 11.1. The summed E-state index contributed by atoms with van der Waals surface area (Å²) in [5.74, 6) is 1.66. The van der Waals surface area contributed by atoms with Crippen molar-refractivity contribution in [1.29, 1.82) is 0 Å². The van der Waals surface area contributed by atoms with Gasteiger partial charge in [0.05, 0.1) is 16.7 Å². The molecule has 0 fully saturated rings. The molecule has 2 heterocycles. The van der Waals surface area contributed by atoms with E-state index in [1.807, 2.05) is 6.20 Å². The predicted molar refractivity (Wildman–Crippen MR) is 177 cm³/mol. The second-order valence-electron chi connectivity index (χ2n) is 11.7. The van der Waals surface area contributed by atoms with Gasteiger partial charge in [0.2, 0.25) is 0 Å². The molecule has 2 aromatic heterocycles. The molecular formula is C39H35N3. The first-order valence-corrected chi connectivity index (χ1v) is 14.9. The number of fused-ring (bicyclic) bond motifs is 3. The Labute approximate surface area is 247 Å². The van der Waals surface area contributed by atoms with Crippen LogP contribution in [0.3, 0.4) is 0 Å². The molecule has 42 heavy (non-hydrogen) atoms. The second-order valence-corrected chi connectivity index (χ2v) is 11.7. The van der Waals surface area contributed by atoms with Gasteiger partial charge in [-0.2, -0.15) is 0 Å². The van der Waals surface area contributed by atoms with Gasteiger partial charge >= 0.3 is 0 Å². The Hall–Kier alpha value is -4.89. The molecule has 0 radical (unpaired) electrons. The molecule has 0 saturated carbocycles. The summed E-state index contributed by atoms with van der Waals surface area (Å²) in [5, 5.41) is 2.48. The fourth-order valence-electron chi connectivity index (χ4n) is 6.30. The standard InChI is InChI=1S/C39H35N3/c1-26(2)33-24-30(28-13-7-5-8-14-28)25-34(27(3)4)38(33)41-22-21-40-39(41)29-19-20-37-35(23-29)32-17-11-12-18-36(32)42(37)31-15-9-6-10-16-31/h5-27H,1-4H3. The molecule has 0 N–H and O–H groups in total. The van der Waals surface area contributed by atoms with Gasteiger partial charge < -0.3 is 4.57 Å². The highest BCUT2D eigenvalue weighted by molar-refractivity contribution is 6.10. The van der Waals surface area contributed by atoms with Crippen LogP contribution >= 0.6 is 0 Å². The Morgan fingerprint density at radius 3 is 1.86 bits per heavy atom. The maximum Gasteiger partial charge on any atom is 0.144 e. The fraction of sp³-hybridized carbons (Fsp3) is 0.154. The van der Waals surface area contributed by atoms with Gasteiger partial charge in [-0.05, 0) is 82.6 Å². The fourth-order valence-corrected chi connectivity index (χ4v) is 6.30. The van der Waals surface area contributed by atoms with E-state index < -0.39 is 0 Å². The maximum atomic E-state index is 4.95. The van der Waals surface area contributed by atoms with Crippen LogP contribution < -0.4 is 0 Å². The second kappa shape index (κ2) is 10.5. The number of nitrogens with zero attached hydrogens (tertiary/aromatic N) is 3. The van der Waals surface area contributed by atoms with Crippen LogP contribution in [0.2, 0.25) is 0 Å². The van der Waals surface area contributed by atoms with Crippen molar-refractivity contribution in [3.63, 3.8) is 0 Å². The highest BCUT2D eigenvalue weighted by atomic mass is 15.1. The zero-order chi connectivity index (χ0) is 28.8. The van der Waals surface area contributed by atoms with Crippen molar-refractivity contribution in [2.45, 2.75) is 39.5 Å². The Morgan fingerprint density at radius 1 is 0.548 bits per heavy atom. The van der Waals surface area contributed by atoms with Crippen LogP contribution in [-0.2, 0) is 0 Å². The summed E-state index contributed by atoms with van der Waals surface area (Å²) in [6.07, 6.45) is 4.06. The minimum atomic E-state index is 0.350. The third-order valence-electron chi connectivity index (χ3n) is 8.35. The van der Waals surface area contributed by atoms with E-state index in [9.17, 15) is 0 Å². The Balaban J connectivity index is 1.44. The van der Waals surface area contributed by atoms with E-state index in [4.69, 9.17) is 4.98 Å². The average molecular weight is 546 g/mol. The molecule has 0 aliphatic heterocycles. The van der Waals surface area contributed by atoms with E-state index in [1.54, 1.807) is 0 Å². The lowest BCUT2D eigenvalue weighted by molar-refractivity contribution is 0.807.